The zero-order valence-electron chi connectivity index (χ0n) is 10.4. The molecule has 2 heterocycles. The summed E-state index contributed by atoms with van der Waals surface area (Å²) in [6.45, 7) is 5.36. The number of amides is 1. The smallest absolute Gasteiger partial charge is 0.263 e. The molecule has 96 valence electrons. The lowest BCUT2D eigenvalue weighted by Crippen LogP contribution is -2.26. The summed E-state index contributed by atoms with van der Waals surface area (Å²) in [6.07, 6.45) is 1.62. The summed E-state index contributed by atoms with van der Waals surface area (Å²) < 4.78 is 5.35. The third-order valence-electron chi connectivity index (χ3n) is 2.38. The first-order valence-corrected chi connectivity index (χ1v) is 6.25. The van der Waals surface area contributed by atoms with Crippen LogP contribution in [0.1, 0.15) is 40.0 Å². The fourth-order valence-electron chi connectivity index (χ4n) is 1.52. The van der Waals surface area contributed by atoms with E-state index in [4.69, 9.17) is 10.2 Å². The van der Waals surface area contributed by atoms with E-state index in [2.05, 4.69) is 15.3 Å². The van der Waals surface area contributed by atoms with Crippen molar-refractivity contribution in [1.29, 1.82) is 0 Å². The standard InChI is InChI=1S/C11H14N4O2S/c1-5-4-13-10(17-5)7(3)14-9(16)8-6(2)15-11(12)18-8/h4,7H,1-3H3,(H2,12,15)(H,14,16). The number of nitrogens with zero attached hydrogens (tertiary/aromatic N) is 2. The molecule has 0 saturated heterocycles. The van der Waals surface area contributed by atoms with E-state index in [1.54, 1.807) is 20.0 Å². The highest BCUT2D eigenvalue weighted by Gasteiger charge is 2.19. The van der Waals surface area contributed by atoms with Crippen LogP contribution >= 0.6 is 11.3 Å². The number of anilines is 1. The number of nitrogen functional groups attached to an aromatic ring is 1. The molecule has 1 atom stereocenters. The molecule has 2 aromatic heterocycles. The van der Waals surface area contributed by atoms with Gasteiger partial charge in [-0.2, -0.15) is 0 Å². The summed E-state index contributed by atoms with van der Waals surface area (Å²) in [5.41, 5.74) is 6.19. The van der Waals surface area contributed by atoms with Crippen LogP contribution < -0.4 is 11.1 Å². The molecule has 18 heavy (non-hydrogen) atoms. The summed E-state index contributed by atoms with van der Waals surface area (Å²) in [4.78, 5) is 20.6. The van der Waals surface area contributed by atoms with Crippen molar-refractivity contribution in [2.24, 2.45) is 0 Å². The van der Waals surface area contributed by atoms with E-state index >= 15 is 0 Å². The van der Waals surface area contributed by atoms with E-state index in [0.29, 0.717) is 27.4 Å². The number of carbonyl (C=O) groups is 1. The van der Waals surface area contributed by atoms with Gasteiger partial charge in [-0.15, -0.1) is 0 Å². The maximum Gasteiger partial charge on any atom is 0.263 e. The van der Waals surface area contributed by atoms with Crippen LogP contribution in [0.2, 0.25) is 0 Å². The summed E-state index contributed by atoms with van der Waals surface area (Å²) in [5, 5.41) is 3.19. The molecular formula is C11H14N4O2S. The molecule has 0 spiro atoms. The van der Waals surface area contributed by atoms with Gasteiger partial charge in [0.1, 0.15) is 16.7 Å². The minimum absolute atomic E-state index is 0.218. The lowest BCUT2D eigenvalue weighted by atomic mass is 10.3. The molecule has 1 amide bonds. The van der Waals surface area contributed by atoms with Gasteiger partial charge in [-0.1, -0.05) is 11.3 Å². The fourth-order valence-corrected chi connectivity index (χ4v) is 2.26. The van der Waals surface area contributed by atoms with Crippen molar-refractivity contribution in [3.63, 3.8) is 0 Å². The molecule has 6 nitrogen and oxygen atoms in total. The Balaban J connectivity index is 2.10. The van der Waals surface area contributed by atoms with Gasteiger partial charge in [0, 0.05) is 0 Å². The molecule has 0 aliphatic rings. The van der Waals surface area contributed by atoms with Crippen molar-refractivity contribution in [2.45, 2.75) is 26.8 Å². The van der Waals surface area contributed by atoms with E-state index in [9.17, 15) is 4.79 Å². The fraction of sp³-hybridized carbons (Fsp3) is 0.364. The van der Waals surface area contributed by atoms with Crippen LogP contribution in [0.25, 0.3) is 0 Å². The van der Waals surface area contributed by atoms with E-state index < -0.39 is 0 Å². The minimum atomic E-state index is -0.297. The monoisotopic (exact) mass is 266 g/mol. The van der Waals surface area contributed by atoms with Crippen molar-refractivity contribution in [3.8, 4) is 0 Å². The number of hydrogen-bond acceptors (Lipinski definition) is 6. The topological polar surface area (TPSA) is 94.0 Å². The summed E-state index contributed by atoms with van der Waals surface area (Å²) >= 11 is 1.17. The molecule has 0 aromatic carbocycles. The number of aromatic nitrogens is 2. The van der Waals surface area contributed by atoms with Gasteiger partial charge < -0.3 is 15.5 Å². The largest absolute Gasteiger partial charge is 0.444 e. The molecule has 0 radical (unpaired) electrons. The van der Waals surface area contributed by atoms with Crippen molar-refractivity contribution < 1.29 is 9.21 Å². The van der Waals surface area contributed by atoms with E-state index in [1.165, 1.54) is 11.3 Å². The Morgan fingerprint density at radius 1 is 1.56 bits per heavy atom. The van der Waals surface area contributed by atoms with E-state index in [1.807, 2.05) is 6.92 Å². The zero-order chi connectivity index (χ0) is 13.3. The average Bonchev–Trinajstić information content (AvgIpc) is 2.84. The lowest BCUT2D eigenvalue weighted by Gasteiger charge is -2.09. The van der Waals surface area contributed by atoms with Crippen LogP contribution in [0.4, 0.5) is 5.13 Å². The molecule has 0 saturated carbocycles. The second kappa shape index (κ2) is 4.77. The Labute approximate surface area is 108 Å². The normalized spacial score (nSPS) is 12.4. The van der Waals surface area contributed by atoms with Crippen molar-refractivity contribution in [3.05, 3.63) is 28.4 Å². The second-order valence-corrected chi connectivity index (χ2v) is 5.00. The van der Waals surface area contributed by atoms with Crippen LogP contribution in [-0.4, -0.2) is 15.9 Å². The van der Waals surface area contributed by atoms with Gasteiger partial charge in [0.05, 0.1) is 11.9 Å². The molecule has 0 bridgehead atoms. The first-order chi connectivity index (χ1) is 8.47. The third kappa shape index (κ3) is 2.51. The Morgan fingerprint density at radius 3 is 2.78 bits per heavy atom. The van der Waals surface area contributed by atoms with Crippen LogP contribution in [0.5, 0.6) is 0 Å². The number of carbonyl (C=O) groups excluding carboxylic acids is 1. The third-order valence-corrected chi connectivity index (χ3v) is 3.36. The lowest BCUT2D eigenvalue weighted by molar-refractivity contribution is 0.0937. The SMILES string of the molecule is Cc1cnc(C(C)NC(=O)c2sc(N)nc2C)o1. The predicted molar refractivity (Wildman–Crippen MR) is 68.4 cm³/mol. The van der Waals surface area contributed by atoms with Gasteiger partial charge >= 0.3 is 0 Å². The number of oxazole rings is 1. The number of hydrogen-bond donors (Lipinski definition) is 2. The average molecular weight is 266 g/mol. The highest BCUT2D eigenvalue weighted by Crippen LogP contribution is 2.21. The number of rotatable bonds is 3. The van der Waals surface area contributed by atoms with Crippen molar-refractivity contribution in [2.75, 3.05) is 5.73 Å². The number of aryl methyl sites for hydroxylation is 2. The second-order valence-electron chi connectivity index (χ2n) is 3.97. The molecule has 7 heteroatoms. The molecule has 2 aromatic rings. The van der Waals surface area contributed by atoms with Gasteiger partial charge in [0.25, 0.3) is 5.91 Å². The molecule has 0 aliphatic carbocycles. The van der Waals surface area contributed by atoms with Crippen molar-refractivity contribution in [1.82, 2.24) is 15.3 Å². The first-order valence-electron chi connectivity index (χ1n) is 5.43. The Kier molecular flexibility index (Phi) is 3.33. The Hall–Kier alpha value is -1.89. The van der Waals surface area contributed by atoms with E-state index in [0.717, 1.165) is 0 Å². The molecule has 1 unspecified atom stereocenters. The quantitative estimate of drug-likeness (QED) is 0.883. The maximum absolute atomic E-state index is 12.0. The highest BCUT2D eigenvalue weighted by atomic mass is 32.1. The van der Waals surface area contributed by atoms with Gasteiger partial charge in [0.15, 0.2) is 5.13 Å². The number of thiazole rings is 1. The molecule has 3 N–H and O–H groups in total. The number of nitrogens with one attached hydrogen (secondary N) is 1. The molecular weight excluding hydrogens is 252 g/mol. The Bertz CT molecular complexity index is 575. The Morgan fingerprint density at radius 2 is 2.28 bits per heavy atom. The van der Waals surface area contributed by atoms with Crippen LogP contribution in [0.3, 0.4) is 0 Å². The first kappa shape index (κ1) is 12.6. The predicted octanol–water partition coefficient (Wildman–Crippen LogP) is 1.82. The minimum Gasteiger partial charge on any atom is -0.444 e. The van der Waals surface area contributed by atoms with Gasteiger partial charge in [-0.05, 0) is 20.8 Å². The summed E-state index contributed by atoms with van der Waals surface area (Å²) in [5.74, 6) is 0.977. The summed E-state index contributed by atoms with van der Waals surface area (Å²) in [6, 6.07) is -0.297. The molecule has 0 fully saturated rings. The maximum atomic E-state index is 12.0. The zero-order valence-corrected chi connectivity index (χ0v) is 11.2. The van der Waals surface area contributed by atoms with Crippen LogP contribution in [0, 0.1) is 13.8 Å². The van der Waals surface area contributed by atoms with Gasteiger partial charge in [-0.3, -0.25) is 4.79 Å². The van der Waals surface area contributed by atoms with E-state index in [-0.39, 0.29) is 11.9 Å². The molecule has 2 rings (SSSR count). The van der Waals surface area contributed by atoms with Gasteiger partial charge in [0.2, 0.25) is 5.89 Å². The number of nitrogens with two attached hydrogens (primary N) is 1. The summed E-state index contributed by atoms with van der Waals surface area (Å²) in [7, 11) is 0. The van der Waals surface area contributed by atoms with Crippen molar-refractivity contribution >= 4 is 22.4 Å². The van der Waals surface area contributed by atoms with Gasteiger partial charge in [-0.25, -0.2) is 9.97 Å². The highest BCUT2D eigenvalue weighted by molar-refractivity contribution is 7.17. The van der Waals surface area contributed by atoms with Crippen LogP contribution in [-0.2, 0) is 0 Å². The van der Waals surface area contributed by atoms with Crippen LogP contribution in [0.15, 0.2) is 10.6 Å². The molecule has 0 aliphatic heterocycles.